The molecule has 3 aromatic rings. The average molecular weight is 457 g/mol. The van der Waals surface area contributed by atoms with Crippen LogP contribution in [0, 0.1) is 13.8 Å². The Labute approximate surface area is 190 Å². The number of amides is 2. The molecule has 2 aromatic carbocycles. The number of aromatic nitrogens is 2. The number of anilines is 2. The van der Waals surface area contributed by atoms with Gasteiger partial charge in [-0.05, 0) is 68.3 Å². The number of guanidine groups is 1. The van der Waals surface area contributed by atoms with E-state index >= 15 is 0 Å². The number of nitrogens with zero attached hydrogens (tertiary/aromatic N) is 3. The van der Waals surface area contributed by atoms with E-state index in [1.54, 1.807) is 24.3 Å². The Balaban J connectivity index is 1.71. The van der Waals surface area contributed by atoms with Gasteiger partial charge < -0.3 is 5.32 Å². The van der Waals surface area contributed by atoms with Crippen LogP contribution in [0.4, 0.5) is 16.4 Å². The molecule has 0 aliphatic carbocycles. The van der Waals surface area contributed by atoms with Crippen molar-refractivity contribution >= 4 is 46.8 Å². The third-order valence-corrected chi connectivity index (χ3v) is 4.63. The van der Waals surface area contributed by atoms with Crippen molar-refractivity contribution in [2.24, 2.45) is 4.99 Å². The first-order chi connectivity index (χ1) is 14.9. The molecule has 0 bridgehead atoms. The highest BCUT2D eigenvalue weighted by Crippen LogP contribution is 2.13. The van der Waals surface area contributed by atoms with E-state index < -0.39 is 6.03 Å². The second-order valence-corrected chi connectivity index (χ2v) is 7.66. The molecule has 0 saturated carbocycles. The van der Waals surface area contributed by atoms with Crippen LogP contribution in [-0.4, -0.2) is 28.5 Å². The van der Waals surface area contributed by atoms with Crippen LogP contribution in [0.3, 0.4) is 0 Å². The van der Waals surface area contributed by atoms with Crippen LogP contribution in [-0.2, 0) is 6.42 Å². The minimum absolute atomic E-state index is 0.241. The van der Waals surface area contributed by atoms with Crippen LogP contribution in [0.2, 0.25) is 10.0 Å². The minimum atomic E-state index is -0.454. The van der Waals surface area contributed by atoms with Crippen LogP contribution < -0.4 is 16.0 Å². The van der Waals surface area contributed by atoms with Gasteiger partial charge in [0.15, 0.2) is 0 Å². The van der Waals surface area contributed by atoms with Crippen LogP contribution >= 0.6 is 23.2 Å². The summed E-state index contributed by atoms with van der Waals surface area (Å²) >= 11 is 11.8. The first-order valence-corrected chi connectivity index (χ1v) is 10.3. The number of halogens is 2. The van der Waals surface area contributed by atoms with Gasteiger partial charge in [-0.3, -0.25) is 15.6 Å². The predicted molar refractivity (Wildman–Crippen MR) is 126 cm³/mol. The molecule has 0 radical (unpaired) electrons. The Bertz CT molecular complexity index is 1050. The maximum Gasteiger partial charge on any atom is 0.326 e. The highest BCUT2D eigenvalue weighted by atomic mass is 35.5. The van der Waals surface area contributed by atoms with E-state index in [0.717, 1.165) is 17.0 Å². The Morgan fingerprint density at radius 1 is 0.903 bits per heavy atom. The van der Waals surface area contributed by atoms with Crippen LogP contribution in [0.25, 0.3) is 0 Å². The Kier molecular flexibility index (Phi) is 7.81. The molecule has 1 aromatic heterocycles. The fraction of sp³-hybridized carbons (Fsp3) is 0.182. The van der Waals surface area contributed by atoms with Crippen LogP contribution in [0.15, 0.2) is 59.6 Å². The van der Waals surface area contributed by atoms with Crippen molar-refractivity contribution in [3.63, 3.8) is 0 Å². The average Bonchev–Trinajstić information content (AvgIpc) is 2.70. The monoisotopic (exact) mass is 456 g/mol. The van der Waals surface area contributed by atoms with E-state index in [1.165, 1.54) is 0 Å². The molecule has 0 aliphatic heterocycles. The SMILES string of the molecule is Cc1cc(C)nc(NC(=NCCc2ccc(Cl)cc2)NC(=O)Nc2ccc(Cl)cc2)n1. The number of hydrogen-bond acceptors (Lipinski definition) is 4. The van der Waals surface area contributed by atoms with Gasteiger partial charge in [0.05, 0.1) is 0 Å². The molecular weight excluding hydrogens is 435 g/mol. The van der Waals surface area contributed by atoms with Gasteiger partial charge in [0.2, 0.25) is 11.9 Å². The second kappa shape index (κ2) is 10.7. The Morgan fingerprint density at radius 3 is 2.10 bits per heavy atom. The van der Waals surface area contributed by atoms with Crippen molar-refractivity contribution in [3.05, 3.63) is 81.6 Å². The summed E-state index contributed by atoms with van der Waals surface area (Å²) < 4.78 is 0. The number of hydrogen-bond donors (Lipinski definition) is 3. The topological polar surface area (TPSA) is 91.3 Å². The van der Waals surface area contributed by atoms with Gasteiger partial charge in [-0.1, -0.05) is 35.3 Å². The van der Waals surface area contributed by atoms with Crippen molar-refractivity contribution in [2.45, 2.75) is 20.3 Å². The van der Waals surface area contributed by atoms with E-state index in [0.29, 0.717) is 34.6 Å². The molecular formula is C22H22Cl2N6O. The maximum absolute atomic E-state index is 12.5. The zero-order valence-corrected chi connectivity index (χ0v) is 18.6. The summed E-state index contributed by atoms with van der Waals surface area (Å²) in [6.45, 7) is 4.19. The van der Waals surface area contributed by atoms with E-state index in [4.69, 9.17) is 23.2 Å². The first kappa shape index (κ1) is 22.5. The van der Waals surface area contributed by atoms with Crippen molar-refractivity contribution in [3.8, 4) is 0 Å². The van der Waals surface area contributed by atoms with E-state index in [-0.39, 0.29) is 5.96 Å². The molecule has 0 spiro atoms. The Morgan fingerprint density at radius 2 is 1.48 bits per heavy atom. The van der Waals surface area contributed by atoms with E-state index in [9.17, 15) is 4.79 Å². The van der Waals surface area contributed by atoms with Crippen molar-refractivity contribution < 1.29 is 4.79 Å². The third-order valence-electron chi connectivity index (χ3n) is 4.13. The number of aryl methyl sites for hydroxylation is 2. The summed E-state index contributed by atoms with van der Waals surface area (Å²) in [6.07, 6.45) is 0.677. The summed E-state index contributed by atoms with van der Waals surface area (Å²) in [6, 6.07) is 15.8. The van der Waals surface area contributed by atoms with Crippen LogP contribution in [0.5, 0.6) is 0 Å². The zero-order chi connectivity index (χ0) is 22.2. The van der Waals surface area contributed by atoms with Crippen molar-refractivity contribution in [2.75, 3.05) is 17.2 Å². The fourth-order valence-electron chi connectivity index (χ4n) is 2.75. The van der Waals surface area contributed by atoms with Crippen molar-refractivity contribution in [1.82, 2.24) is 15.3 Å². The van der Waals surface area contributed by atoms with Gasteiger partial charge in [-0.2, -0.15) is 0 Å². The molecule has 0 unspecified atom stereocenters. The molecule has 0 atom stereocenters. The predicted octanol–water partition coefficient (Wildman–Crippen LogP) is 5.23. The Hall–Kier alpha value is -3.16. The highest BCUT2D eigenvalue weighted by molar-refractivity contribution is 6.30. The molecule has 0 fully saturated rings. The first-order valence-electron chi connectivity index (χ1n) is 9.59. The summed E-state index contributed by atoms with van der Waals surface area (Å²) in [7, 11) is 0. The molecule has 7 nitrogen and oxygen atoms in total. The molecule has 31 heavy (non-hydrogen) atoms. The molecule has 3 N–H and O–H groups in total. The molecule has 3 rings (SSSR count). The zero-order valence-electron chi connectivity index (χ0n) is 17.1. The number of carbonyl (C=O) groups is 1. The number of benzene rings is 2. The number of urea groups is 1. The fourth-order valence-corrected chi connectivity index (χ4v) is 3.00. The lowest BCUT2D eigenvalue weighted by atomic mass is 10.1. The number of nitrogens with one attached hydrogen (secondary N) is 3. The van der Waals surface area contributed by atoms with Gasteiger partial charge in [0.1, 0.15) is 0 Å². The lowest BCUT2D eigenvalue weighted by Crippen LogP contribution is -2.39. The smallest absolute Gasteiger partial charge is 0.308 e. The molecule has 1 heterocycles. The van der Waals surface area contributed by atoms with Crippen LogP contribution in [0.1, 0.15) is 17.0 Å². The van der Waals surface area contributed by atoms with Gasteiger partial charge >= 0.3 is 6.03 Å². The van der Waals surface area contributed by atoms with Gasteiger partial charge in [-0.25, -0.2) is 14.8 Å². The summed E-state index contributed by atoms with van der Waals surface area (Å²) in [5, 5.41) is 9.72. The molecule has 2 amide bonds. The molecule has 0 aliphatic rings. The maximum atomic E-state index is 12.5. The largest absolute Gasteiger partial charge is 0.326 e. The van der Waals surface area contributed by atoms with E-state index in [1.807, 2.05) is 44.2 Å². The van der Waals surface area contributed by atoms with Gasteiger partial charge in [-0.15, -0.1) is 0 Å². The van der Waals surface area contributed by atoms with Gasteiger partial charge in [0, 0.05) is 33.7 Å². The summed E-state index contributed by atoms with van der Waals surface area (Å²) in [5.41, 5.74) is 3.30. The van der Waals surface area contributed by atoms with Crippen molar-refractivity contribution in [1.29, 1.82) is 0 Å². The summed E-state index contributed by atoms with van der Waals surface area (Å²) in [5.74, 6) is 0.597. The third kappa shape index (κ3) is 7.55. The molecule has 160 valence electrons. The second-order valence-electron chi connectivity index (χ2n) is 6.79. The standard InChI is InChI=1S/C22H22Cl2N6O/c1-14-13-15(2)27-21(26-14)29-20(25-12-11-16-3-5-17(23)6-4-16)30-22(31)28-19-9-7-18(24)8-10-19/h3-10,13H,11-12H2,1-2H3,(H3,25,26,27,28,29,30,31). The lowest BCUT2D eigenvalue weighted by Gasteiger charge is -2.12. The number of carbonyl (C=O) groups excluding carboxylic acids is 1. The van der Waals surface area contributed by atoms with E-state index in [2.05, 4.69) is 30.9 Å². The quantitative estimate of drug-likeness (QED) is 0.361. The number of rotatable bonds is 5. The normalized spacial score (nSPS) is 11.2. The van der Waals surface area contributed by atoms with Gasteiger partial charge in [0.25, 0.3) is 0 Å². The minimum Gasteiger partial charge on any atom is -0.308 e. The summed E-state index contributed by atoms with van der Waals surface area (Å²) in [4.78, 5) is 25.7. The highest BCUT2D eigenvalue weighted by Gasteiger charge is 2.09. The molecule has 9 heteroatoms. The lowest BCUT2D eigenvalue weighted by molar-refractivity contribution is 0.256. The number of aliphatic imine (C=N–C) groups is 1. The molecule has 0 saturated heterocycles.